The Morgan fingerprint density at radius 2 is 1.80 bits per heavy atom. The summed E-state index contributed by atoms with van der Waals surface area (Å²) < 4.78 is 5.72. The van der Waals surface area contributed by atoms with Gasteiger partial charge in [0.1, 0.15) is 17.4 Å². The summed E-state index contributed by atoms with van der Waals surface area (Å²) in [6.07, 6.45) is 0. The van der Waals surface area contributed by atoms with E-state index in [1.54, 1.807) is 6.07 Å². The highest BCUT2D eigenvalue weighted by atomic mass is 35.5. The topological polar surface area (TPSA) is 59.0 Å². The Morgan fingerprint density at radius 3 is 2.60 bits per heavy atom. The van der Waals surface area contributed by atoms with Crippen LogP contribution in [-0.4, -0.2) is 0 Å². The molecule has 0 spiro atoms. The van der Waals surface area contributed by atoms with Crippen molar-refractivity contribution in [2.24, 2.45) is 5.73 Å². The van der Waals surface area contributed by atoms with Gasteiger partial charge in [-0.25, -0.2) is 0 Å². The highest BCUT2D eigenvalue weighted by Crippen LogP contribution is 2.47. The molecule has 0 fully saturated rings. The maximum Gasteiger partial charge on any atom is 0.205 e. The van der Waals surface area contributed by atoms with Crippen molar-refractivity contribution >= 4 is 34.0 Å². The van der Waals surface area contributed by atoms with Gasteiger partial charge in [0.15, 0.2) is 0 Å². The number of ether oxygens (including phenoxy) is 1. The van der Waals surface area contributed by atoms with Gasteiger partial charge < -0.3 is 10.5 Å². The van der Waals surface area contributed by atoms with Crippen LogP contribution in [0.4, 0.5) is 0 Å². The van der Waals surface area contributed by atoms with Crippen LogP contribution in [0.3, 0.4) is 0 Å². The first-order valence-electron chi connectivity index (χ1n) is 7.65. The number of halogens is 2. The Kier molecular flexibility index (Phi) is 3.80. The van der Waals surface area contributed by atoms with Crippen molar-refractivity contribution in [3.8, 4) is 11.8 Å². The van der Waals surface area contributed by atoms with Gasteiger partial charge in [0, 0.05) is 5.56 Å². The summed E-state index contributed by atoms with van der Waals surface area (Å²) in [7, 11) is 0. The fourth-order valence-electron chi connectivity index (χ4n) is 3.30. The Balaban J connectivity index is 2.10. The maximum atomic E-state index is 9.71. The Morgan fingerprint density at radius 1 is 1.00 bits per heavy atom. The van der Waals surface area contributed by atoms with Crippen LogP contribution in [0.25, 0.3) is 10.8 Å². The summed E-state index contributed by atoms with van der Waals surface area (Å²) in [6, 6.07) is 19.3. The largest absolute Gasteiger partial charge is 0.440 e. The molecule has 1 unspecified atom stereocenters. The molecule has 3 nitrogen and oxygen atoms in total. The Labute approximate surface area is 154 Å². The molecule has 3 aromatic carbocycles. The van der Waals surface area contributed by atoms with E-state index in [9.17, 15) is 5.26 Å². The van der Waals surface area contributed by atoms with E-state index < -0.39 is 5.92 Å². The molecule has 0 saturated carbocycles. The van der Waals surface area contributed by atoms with Gasteiger partial charge in [0.25, 0.3) is 0 Å². The SMILES string of the molecule is N#CC1=C(N)Oc2ccc3ccccc3c2C1c1cccc(Cl)c1Cl. The number of allylic oxidation sites excluding steroid dienone is 1. The molecule has 25 heavy (non-hydrogen) atoms. The molecule has 0 bridgehead atoms. The van der Waals surface area contributed by atoms with Crippen LogP contribution in [-0.2, 0) is 0 Å². The minimum absolute atomic E-state index is 0.0892. The molecule has 0 radical (unpaired) electrons. The number of nitrogens with zero attached hydrogens (tertiary/aromatic N) is 1. The Bertz CT molecular complexity index is 1080. The van der Waals surface area contributed by atoms with Gasteiger partial charge in [-0.15, -0.1) is 0 Å². The van der Waals surface area contributed by atoms with Crippen molar-refractivity contribution in [1.82, 2.24) is 0 Å². The lowest BCUT2D eigenvalue weighted by Crippen LogP contribution is -2.21. The number of fused-ring (bicyclic) bond motifs is 3. The van der Waals surface area contributed by atoms with Crippen molar-refractivity contribution in [2.45, 2.75) is 5.92 Å². The molecule has 0 saturated heterocycles. The standard InChI is InChI=1S/C20H12Cl2N2O/c21-15-7-3-6-13(19(15)22)17-14(10-23)20(24)25-16-9-8-11-4-1-2-5-12(11)18(16)17/h1-9,17H,24H2. The van der Waals surface area contributed by atoms with Gasteiger partial charge in [-0.3, -0.25) is 0 Å². The van der Waals surface area contributed by atoms with Crippen LogP contribution < -0.4 is 10.5 Å². The second-order valence-electron chi connectivity index (χ2n) is 5.77. The van der Waals surface area contributed by atoms with Crippen LogP contribution in [0.2, 0.25) is 10.0 Å². The van der Waals surface area contributed by atoms with Gasteiger partial charge in [0.05, 0.1) is 16.0 Å². The number of benzene rings is 3. The van der Waals surface area contributed by atoms with E-state index in [0.29, 0.717) is 21.4 Å². The lowest BCUT2D eigenvalue weighted by molar-refractivity contribution is 0.395. The summed E-state index contributed by atoms with van der Waals surface area (Å²) in [6.45, 7) is 0. The second-order valence-corrected chi connectivity index (χ2v) is 6.55. The fourth-order valence-corrected chi connectivity index (χ4v) is 3.71. The highest BCUT2D eigenvalue weighted by molar-refractivity contribution is 6.42. The molecule has 4 rings (SSSR count). The predicted molar refractivity (Wildman–Crippen MR) is 99.7 cm³/mol. The molecule has 1 atom stereocenters. The molecule has 1 heterocycles. The summed E-state index contributed by atoms with van der Waals surface area (Å²) in [4.78, 5) is 0. The molecule has 3 aromatic rings. The minimum atomic E-state index is -0.439. The molecule has 5 heteroatoms. The Hall–Kier alpha value is -2.67. The molecule has 0 aromatic heterocycles. The average molecular weight is 367 g/mol. The molecule has 1 aliphatic rings. The number of hydrogen-bond donors (Lipinski definition) is 1. The van der Waals surface area contributed by atoms with Gasteiger partial charge in [-0.2, -0.15) is 5.26 Å². The van der Waals surface area contributed by atoms with Crippen LogP contribution in [0, 0.1) is 11.3 Å². The minimum Gasteiger partial charge on any atom is -0.440 e. The first-order valence-corrected chi connectivity index (χ1v) is 8.40. The van der Waals surface area contributed by atoms with Crippen LogP contribution in [0.15, 0.2) is 66.1 Å². The first-order chi connectivity index (χ1) is 12.1. The predicted octanol–water partition coefficient (Wildman–Crippen LogP) is 5.36. The van der Waals surface area contributed by atoms with Crippen molar-refractivity contribution in [3.05, 3.63) is 87.2 Å². The number of rotatable bonds is 1. The van der Waals surface area contributed by atoms with Crippen LogP contribution in [0.5, 0.6) is 5.75 Å². The van der Waals surface area contributed by atoms with E-state index in [1.807, 2.05) is 48.5 Å². The fraction of sp³-hybridized carbons (Fsp3) is 0.0500. The summed E-state index contributed by atoms with van der Waals surface area (Å²) in [5.74, 6) is 0.272. The molecule has 1 aliphatic heterocycles. The van der Waals surface area contributed by atoms with E-state index in [4.69, 9.17) is 33.7 Å². The number of hydrogen-bond acceptors (Lipinski definition) is 3. The molecular weight excluding hydrogens is 355 g/mol. The van der Waals surface area contributed by atoms with E-state index in [0.717, 1.165) is 21.9 Å². The van der Waals surface area contributed by atoms with Crippen LogP contribution >= 0.6 is 23.2 Å². The van der Waals surface area contributed by atoms with Crippen molar-refractivity contribution in [3.63, 3.8) is 0 Å². The van der Waals surface area contributed by atoms with Gasteiger partial charge in [-0.05, 0) is 28.5 Å². The normalized spacial score (nSPS) is 16.3. The quantitative estimate of drug-likeness (QED) is 0.630. The summed E-state index contributed by atoms with van der Waals surface area (Å²) >= 11 is 12.7. The van der Waals surface area contributed by atoms with Crippen molar-refractivity contribution < 1.29 is 4.74 Å². The van der Waals surface area contributed by atoms with Crippen molar-refractivity contribution in [1.29, 1.82) is 5.26 Å². The third-order valence-corrected chi connectivity index (χ3v) is 5.24. The van der Waals surface area contributed by atoms with E-state index >= 15 is 0 Å². The summed E-state index contributed by atoms with van der Waals surface area (Å²) in [5.41, 5.74) is 7.95. The number of nitriles is 1. The summed E-state index contributed by atoms with van der Waals surface area (Å²) in [5, 5.41) is 12.6. The molecule has 0 amide bonds. The molecular formula is C20H12Cl2N2O. The zero-order valence-corrected chi connectivity index (χ0v) is 14.5. The smallest absolute Gasteiger partial charge is 0.205 e. The van der Waals surface area contributed by atoms with E-state index in [2.05, 4.69) is 6.07 Å². The molecule has 122 valence electrons. The third-order valence-electron chi connectivity index (χ3n) is 4.41. The highest BCUT2D eigenvalue weighted by Gasteiger charge is 2.33. The van der Waals surface area contributed by atoms with Crippen LogP contribution in [0.1, 0.15) is 17.0 Å². The third kappa shape index (κ3) is 2.42. The van der Waals surface area contributed by atoms with Gasteiger partial charge >= 0.3 is 0 Å². The van der Waals surface area contributed by atoms with E-state index in [-0.39, 0.29) is 5.88 Å². The average Bonchev–Trinajstić information content (AvgIpc) is 2.63. The zero-order chi connectivity index (χ0) is 17.6. The lowest BCUT2D eigenvalue weighted by atomic mass is 9.81. The second kappa shape index (κ2) is 6.00. The molecule has 0 aliphatic carbocycles. The monoisotopic (exact) mass is 366 g/mol. The van der Waals surface area contributed by atoms with Gasteiger partial charge in [-0.1, -0.05) is 65.7 Å². The van der Waals surface area contributed by atoms with Crippen molar-refractivity contribution in [2.75, 3.05) is 0 Å². The molecule has 2 N–H and O–H groups in total. The zero-order valence-electron chi connectivity index (χ0n) is 13.0. The van der Waals surface area contributed by atoms with E-state index in [1.165, 1.54) is 0 Å². The first kappa shape index (κ1) is 15.8. The van der Waals surface area contributed by atoms with Gasteiger partial charge in [0.2, 0.25) is 5.88 Å². The maximum absolute atomic E-state index is 9.71. The number of nitrogens with two attached hydrogens (primary N) is 1. The lowest BCUT2D eigenvalue weighted by Gasteiger charge is -2.28.